The van der Waals surface area contributed by atoms with E-state index in [0.717, 1.165) is 25.2 Å². The summed E-state index contributed by atoms with van der Waals surface area (Å²) in [7, 11) is 1.58. The van der Waals surface area contributed by atoms with Crippen molar-refractivity contribution in [3.8, 4) is 0 Å². The van der Waals surface area contributed by atoms with Crippen LogP contribution >= 0.6 is 0 Å². The minimum absolute atomic E-state index is 0.0442. The fourth-order valence-corrected chi connectivity index (χ4v) is 3.52. The quantitative estimate of drug-likeness (QED) is 0.793. The first-order valence-corrected chi connectivity index (χ1v) is 7.41. The molecular weight excluding hydrogens is 270 g/mol. The summed E-state index contributed by atoms with van der Waals surface area (Å²) in [5.74, 6) is -0.0442. The lowest BCUT2D eigenvalue weighted by atomic mass is 9.85. The van der Waals surface area contributed by atoms with Gasteiger partial charge in [-0.2, -0.15) is 0 Å². The van der Waals surface area contributed by atoms with Crippen molar-refractivity contribution in [1.29, 1.82) is 0 Å². The molecule has 0 unspecified atom stereocenters. The Balaban J connectivity index is 1.71. The largest absolute Gasteiger partial charge is 0.472 e. The molecule has 2 aliphatic heterocycles. The van der Waals surface area contributed by atoms with Crippen LogP contribution in [-0.4, -0.2) is 58.9 Å². The van der Waals surface area contributed by atoms with Crippen LogP contribution in [0.25, 0.3) is 0 Å². The highest BCUT2D eigenvalue weighted by Crippen LogP contribution is 2.36. The van der Waals surface area contributed by atoms with Crippen LogP contribution in [0.4, 0.5) is 4.79 Å². The number of likely N-dealkylation sites (tertiary alicyclic amines) is 1. The van der Waals surface area contributed by atoms with E-state index in [1.165, 1.54) is 4.90 Å². The van der Waals surface area contributed by atoms with E-state index in [2.05, 4.69) is 4.90 Å². The SMILES string of the molecule is CCN1C(=O)N(C)C(=O)C12CCN(Cc1ccoc1)CC2. The number of carbonyl (C=O) groups is 2. The number of hydrogen-bond acceptors (Lipinski definition) is 4. The lowest BCUT2D eigenvalue weighted by Gasteiger charge is -2.41. The molecule has 2 aliphatic rings. The Kier molecular flexibility index (Phi) is 3.49. The molecule has 0 atom stereocenters. The van der Waals surface area contributed by atoms with Gasteiger partial charge in [-0.05, 0) is 25.8 Å². The Bertz CT molecular complexity index is 532. The van der Waals surface area contributed by atoms with Crippen LogP contribution in [-0.2, 0) is 11.3 Å². The number of urea groups is 1. The summed E-state index contributed by atoms with van der Waals surface area (Å²) in [6, 6.07) is 1.80. The van der Waals surface area contributed by atoms with Crippen LogP contribution in [0.2, 0.25) is 0 Å². The lowest BCUT2D eigenvalue weighted by Crippen LogP contribution is -2.56. The molecule has 0 radical (unpaired) electrons. The molecule has 114 valence electrons. The fourth-order valence-electron chi connectivity index (χ4n) is 3.52. The number of imide groups is 1. The first-order valence-electron chi connectivity index (χ1n) is 7.41. The second-order valence-corrected chi connectivity index (χ2v) is 5.83. The number of nitrogens with zero attached hydrogens (tertiary/aromatic N) is 3. The van der Waals surface area contributed by atoms with E-state index in [4.69, 9.17) is 4.42 Å². The second kappa shape index (κ2) is 5.18. The van der Waals surface area contributed by atoms with E-state index in [0.29, 0.717) is 19.4 Å². The zero-order valence-corrected chi connectivity index (χ0v) is 12.5. The molecule has 1 aromatic heterocycles. The predicted octanol–water partition coefficient (Wildman–Crippen LogP) is 1.53. The molecule has 0 bridgehead atoms. The van der Waals surface area contributed by atoms with E-state index in [1.807, 2.05) is 13.0 Å². The maximum Gasteiger partial charge on any atom is 0.327 e. The van der Waals surface area contributed by atoms with Crippen LogP contribution in [0.1, 0.15) is 25.3 Å². The highest BCUT2D eigenvalue weighted by Gasteiger charge is 2.56. The molecule has 3 amide bonds. The van der Waals surface area contributed by atoms with Gasteiger partial charge in [0.25, 0.3) is 5.91 Å². The Morgan fingerprint density at radius 1 is 1.29 bits per heavy atom. The van der Waals surface area contributed by atoms with E-state index in [-0.39, 0.29) is 11.9 Å². The number of furan rings is 1. The van der Waals surface area contributed by atoms with Gasteiger partial charge in [0.05, 0.1) is 12.5 Å². The molecule has 6 heteroatoms. The van der Waals surface area contributed by atoms with Crippen LogP contribution < -0.4 is 0 Å². The van der Waals surface area contributed by atoms with Crippen molar-refractivity contribution in [3.63, 3.8) is 0 Å². The summed E-state index contributed by atoms with van der Waals surface area (Å²) in [5, 5.41) is 0. The zero-order valence-electron chi connectivity index (χ0n) is 12.5. The highest BCUT2D eigenvalue weighted by molar-refractivity contribution is 6.06. The number of piperidine rings is 1. The monoisotopic (exact) mass is 291 g/mol. The van der Waals surface area contributed by atoms with Crippen molar-refractivity contribution in [1.82, 2.24) is 14.7 Å². The standard InChI is InChI=1S/C15H21N3O3/c1-3-18-14(20)16(2)13(19)15(18)5-7-17(8-6-15)10-12-4-9-21-11-12/h4,9,11H,3,5-8,10H2,1-2H3. The summed E-state index contributed by atoms with van der Waals surface area (Å²) in [6.07, 6.45) is 4.83. The van der Waals surface area contributed by atoms with Gasteiger partial charge in [-0.25, -0.2) is 4.79 Å². The van der Waals surface area contributed by atoms with Crippen LogP contribution in [0, 0.1) is 0 Å². The third-order valence-electron chi connectivity index (χ3n) is 4.72. The number of hydrogen-bond donors (Lipinski definition) is 0. The van der Waals surface area contributed by atoms with Gasteiger partial charge in [0.15, 0.2) is 0 Å². The highest BCUT2D eigenvalue weighted by atomic mass is 16.3. The summed E-state index contributed by atoms with van der Waals surface area (Å²) < 4.78 is 5.09. The number of rotatable bonds is 3. The molecular formula is C15H21N3O3. The summed E-state index contributed by atoms with van der Waals surface area (Å²) in [6.45, 7) is 4.97. The van der Waals surface area contributed by atoms with Gasteiger partial charge >= 0.3 is 6.03 Å². The Morgan fingerprint density at radius 2 is 2.00 bits per heavy atom. The number of amides is 3. The molecule has 1 aromatic rings. The van der Waals surface area contributed by atoms with Gasteiger partial charge < -0.3 is 9.32 Å². The van der Waals surface area contributed by atoms with Gasteiger partial charge in [-0.15, -0.1) is 0 Å². The first kappa shape index (κ1) is 14.1. The van der Waals surface area contributed by atoms with Crippen LogP contribution in [0.5, 0.6) is 0 Å². The van der Waals surface area contributed by atoms with Crippen molar-refractivity contribution in [2.75, 3.05) is 26.7 Å². The normalized spacial score (nSPS) is 22.6. The second-order valence-electron chi connectivity index (χ2n) is 5.83. The summed E-state index contributed by atoms with van der Waals surface area (Å²) >= 11 is 0. The van der Waals surface area contributed by atoms with Gasteiger partial charge in [0.1, 0.15) is 5.54 Å². The summed E-state index contributed by atoms with van der Waals surface area (Å²) in [4.78, 5) is 30.0. The van der Waals surface area contributed by atoms with Gasteiger partial charge in [-0.1, -0.05) is 0 Å². The van der Waals surface area contributed by atoms with E-state index in [1.54, 1.807) is 24.5 Å². The molecule has 3 heterocycles. The van der Waals surface area contributed by atoms with Gasteiger partial charge in [-0.3, -0.25) is 14.6 Å². The molecule has 0 N–H and O–H groups in total. The molecule has 21 heavy (non-hydrogen) atoms. The molecule has 6 nitrogen and oxygen atoms in total. The molecule has 2 saturated heterocycles. The Morgan fingerprint density at radius 3 is 2.57 bits per heavy atom. The van der Waals surface area contributed by atoms with Crippen LogP contribution in [0.3, 0.4) is 0 Å². The van der Waals surface area contributed by atoms with Crippen molar-refractivity contribution in [2.24, 2.45) is 0 Å². The molecule has 3 rings (SSSR count). The summed E-state index contributed by atoms with van der Waals surface area (Å²) in [5.41, 5.74) is 0.525. The zero-order chi connectivity index (χ0) is 15.0. The van der Waals surface area contributed by atoms with E-state index in [9.17, 15) is 9.59 Å². The van der Waals surface area contributed by atoms with Crippen molar-refractivity contribution < 1.29 is 14.0 Å². The van der Waals surface area contributed by atoms with Crippen molar-refractivity contribution in [3.05, 3.63) is 24.2 Å². The van der Waals surface area contributed by atoms with E-state index < -0.39 is 5.54 Å². The average Bonchev–Trinajstić information content (AvgIpc) is 3.05. The lowest BCUT2D eigenvalue weighted by molar-refractivity contribution is -0.134. The van der Waals surface area contributed by atoms with Gasteiger partial charge in [0, 0.05) is 38.8 Å². The predicted molar refractivity (Wildman–Crippen MR) is 76.5 cm³/mol. The smallest absolute Gasteiger partial charge is 0.327 e. The van der Waals surface area contributed by atoms with Crippen LogP contribution in [0.15, 0.2) is 23.0 Å². The molecule has 0 aromatic carbocycles. The third kappa shape index (κ3) is 2.14. The van der Waals surface area contributed by atoms with Gasteiger partial charge in [0.2, 0.25) is 0 Å². The minimum atomic E-state index is -0.618. The topological polar surface area (TPSA) is 57.0 Å². The number of likely N-dealkylation sites (N-methyl/N-ethyl adjacent to an activating group) is 2. The third-order valence-corrected chi connectivity index (χ3v) is 4.72. The molecule has 1 spiro atoms. The molecule has 0 saturated carbocycles. The average molecular weight is 291 g/mol. The Hall–Kier alpha value is -1.82. The number of carbonyl (C=O) groups excluding carboxylic acids is 2. The minimum Gasteiger partial charge on any atom is -0.472 e. The van der Waals surface area contributed by atoms with Crippen molar-refractivity contribution >= 4 is 11.9 Å². The van der Waals surface area contributed by atoms with Crippen molar-refractivity contribution in [2.45, 2.75) is 31.8 Å². The fraction of sp³-hybridized carbons (Fsp3) is 0.600. The molecule has 0 aliphatic carbocycles. The Labute approximate surface area is 124 Å². The molecule has 2 fully saturated rings. The maximum absolute atomic E-state index is 12.5. The maximum atomic E-state index is 12.5. The first-order chi connectivity index (χ1) is 10.1. The van der Waals surface area contributed by atoms with E-state index >= 15 is 0 Å².